The molecular formula is C12H28N2S. The molecule has 0 amide bonds. The zero-order valence-electron chi connectivity index (χ0n) is 11.0. The highest BCUT2D eigenvalue weighted by Crippen LogP contribution is 2.23. The van der Waals surface area contributed by atoms with Crippen LogP contribution in [0.25, 0.3) is 0 Å². The van der Waals surface area contributed by atoms with Gasteiger partial charge >= 0.3 is 0 Å². The van der Waals surface area contributed by atoms with Crippen molar-refractivity contribution in [1.29, 1.82) is 0 Å². The van der Waals surface area contributed by atoms with Crippen LogP contribution in [0.3, 0.4) is 0 Å². The lowest BCUT2D eigenvalue weighted by Crippen LogP contribution is -2.38. The highest BCUT2D eigenvalue weighted by molar-refractivity contribution is 7.99. The Morgan fingerprint density at radius 3 is 2.33 bits per heavy atom. The van der Waals surface area contributed by atoms with E-state index in [0.29, 0.717) is 11.5 Å². The van der Waals surface area contributed by atoms with Gasteiger partial charge in [-0.2, -0.15) is 11.8 Å². The average molecular weight is 232 g/mol. The molecule has 0 aromatic heterocycles. The van der Waals surface area contributed by atoms with Gasteiger partial charge in [0.15, 0.2) is 0 Å². The molecule has 2 atom stereocenters. The second kappa shape index (κ2) is 7.53. The molecule has 0 aliphatic carbocycles. The van der Waals surface area contributed by atoms with Crippen molar-refractivity contribution < 1.29 is 0 Å². The number of thioether (sulfide) groups is 1. The van der Waals surface area contributed by atoms with Crippen LogP contribution in [-0.2, 0) is 0 Å². The molecule has 0 aliphatic rings. The first-order valence-electron chi connectivity index (χ1n) is 5.96. The molecule has 0 saturated carbocycles. The van der Waals surface area contributed by atoms with Crippen molar-refractivity contribution in [3.8, 4) is 0 Å². The fourth-order valence-corrected chi connectivity index (χ4v) is 2.28. The lowest BCUT2D eigenvalue weighted by Gasteiger charge is -2.23. The molecule has 0 spiro atoms. The summed E-state index contributed by atoms with van der Waals surface area (Å²) < 4.78 is 0. The van der Waals surface area contributed by atoms with E-state index in [9.17, 15) is 0 Å². The molecule has 2 nitrogen and oxygen atoms in total. The largest absolute Gasteiger partial charge is 0.271 e. The van der Waals surface area contributed by atoms with Crippen LogP contribution in [0, 0.1) is 5.41 Å². The zero-order valence-corrected chi connectivity index (χ0v) is 11.8. The predicted molar refractivity (Wildman–Crippen MR) is 72.0 cm³/mol. The maximum atomic E-state index is 5.57. The Hall–Kier alpha value is 0.270. The summed E-state index contributed by atoms with van der Waals surface area (Å²) in [4.78, 5) is 0. The molecule has 0 bridgehead atoms. The van der Waals surface area contributed by atoms with Gasteiger partial charge in [-0.3, -0.25) is 11.3 Å². The Labute approximate surface area is 99.7 Å². The molecule has 3 N–H and O–H groups in total. The summed E-state index contributed by atoms with van der Waals surface area (Å²) >= 11 is 2.02. The van der Waals surface area contributed by atoms with E-state index in [-0.39, 0.29) is 0 Å². The van der Waals surface area contributed by atoms with Crippen molar-refractivity contribution in [3.63, 3.8) is 0 Å². The minimum absolute atomic E-state index is 0.413. The van der Waals surface area contributed by atoms with Gasteiger partial charge in [0, 0.05) is 17.0 Å². The van der Waals surface area contributed by atoms with E-state index in [1.54, 1.807) is 0 Å². The summed E-state index contributed by atoms with van der Waals surface area (Å²) in [6.45, 7) is 11.4. The Morgan fingerprint density at radius 2 is 1.93 bits per heavy atom. The van der Waals surface area contributed by atoms with E-state index in [0.717, 1.165) is 11.0 Å². The van der Waals surface area contributed by atoms with Gasteiger partial charge in [-0.05, 0) is 24.7 Å². The molecule has 0 heterocycles. The van der Waals surface area contributed by atoms with Crippen molar-refractivity contribution >= 4 is 11.8 Å². The van der Waals surface area contributed by atoms with E-state index in [2.05, 4.69) is 40.0 Å². The van der Waals surface area contributed by atoms with Crippen LogP contribution in [-0.4, -0.2) is 17.0 Å². The summed E-state index contributed by atoms with van der Waals surface area (Å²) in [5.74, 6) is 6.69. The van der Waals surface area contributed by atoms with Gasteiger partial charge in [-0.25, -0.2) is 0 Å². The first-order chi connectivity index (χ1) is 6.89. The second-order valence-electron chi connectivity index (χ2n) is 5.52. The normalized spacial score (nSPS) is 16.4. The van der Waals surface area contributed by atoms with Crippen LogP contribution in [0.2, 0.25) is 0 Å². The number of hydrogen-bond donors (Lipinski definition) is 2. The monoisotopic (exact) mass is 232 g/mol. The van der Waals surface area contributed by atoms with Crippen molar-refractivity contribution in [3.05, 3.63) is 0 Å². The first kappa shape index (κ1) is 15.3. The lowest BCUT2D eigenvalue weighted by atomic mass is 9.89. The molecular weight excluding hydrogens is 204 g/mol. The number of nitrogens with one attached hydrogen (secondary N) is 1. The van der Waals surface area contributed by atoms with Crippen LogP contribution in [0.15, 0.2) is 0 Å². The molecule has 0 aromatic carbocycles. The predicted octanol–water partition coefficient (Wildman–Crippen LogP) is 3.18. The summed E-state index contributed by atoms with van der Waals surface area (Å²) in [6.07, 6.45) is 3.63. The van der Waals surface area contributed by atoms with Gasteiger partial charge in [0.05, 0.1) is 0 Å². The average Bonchev–Trinajstić information content (AvgIpc) is 2.16. The third kappa shape index (κ3) is 9.21. The first-order valence-corrected chi connectivity index (χ1v) is 7.01. The van der Waals surface area contributed by atoms with Gasteiger partial charge in [-0.1, -0.05) is 34.6 Å². The summed E-state index contributed by atoms with van der Waals surface area (Å²) in [6, 6.07) is 0.461. The summed E-state index contributed by atoms with van der Waals surface area (Å²) in [5, 5.41) is 0.746. The van der Waals surface area contributed by atoms with Gasteiger partial charge < -0.3 is 0 Å². The van der Waals surface area contributed by atoms with Gasteiger partial charge in [0.25, 0.3) is 0 Å². The lowest BCUT2D eigenvalue weighted by molar-refractivity contribution is 0.339. The zero-order chi connectivity index (χ0) is 11.9. The van der Waals surface area contributed by atoms with Crippen LogP contribution in [0.1, 0.15) is 53.9 Å². The quantitative estimate of drug-likeness (QED) is 0.523. The molecule has 0 rings (SSSR count). The standard InChI is InChI=1S/C12H28N2S/c1-6-10(2)15-9-11(14-13)7-8-12(3,4)5/h10-11,14H,6-9,13H2,1-5H3. The van der Waals surface area contributed by atoms with E-state index >= 15 is 0 Å². The van der Waals surface area contributed by atoms with Gasteiger partial charge in [-0.15, -0.1) is 0 Å². The third-order valence-corrected chi connectivity index (χ3v) is 4.13. The summed E-state index contributed by atoms with van der Waals surface area (Å²) in [7, 11) is 0. The van der Waals surface area contributed by atoms with E-state index in [4.69, 9.17) is 5.84 Å². The molecule has 0 fully saturated rings. The van der Waals surface area contributed by atoms with Crippen molar-refractivity contribution in [2.75, 3.05) is 5.75 Å². The minimum atomic E-state index is 0.413. The molecule has 0 aliphatic heterocycles. The van der Waals surface area contributed by atoms with Gasteiger partial charge in [0.1, 0.15) is 0 Å². The Balaban J connectivity index is 3.73. The van der Waals surface area contributed by atoms with Gasteiger partial charge in [0.2, 0.25) is 0 Å². The molecule has 0 saturated heterocycles. The Kier molecular flexibility index (Phi) is 7.66. The fourth-order valence-electron chi connectivity index (χ4n) is 1.22. The van der Waals surface area contributed by atoms with Crippen molar-refractivity contribution in [2.24, 2.45) is 11.3 Å². The number of rotatable bonds is 7. The minimum Gasteiger partial charge on any atom is -0.271 e. The Bertz CT molecular complexity index is 154. The highest BCUT2D eigenvalue weighted by Gasteiger charge is 2.15. The SMILES string of the molecule is CCC(C)SCC(CCC(C)(C)C)NN. The third-order valence-electron chi connectivity index (χ3n) is 2.64. The smallest absolute Gasteiger partial charge is 0.0301 e. The summed E-state index contributed by atoms with van der Waals surface area (Å²) in [5.41, 5.74) is 3.35. The maximum Gasteiger partial charge on any atom is 0.0301 e. The number of hydrazine groups is 1. The highest BCUT2D eigenvalue weighted by atomic mass is 32.2. The molecule has 15 heavy (non-hydrogen) atoms. The Morgan fingerprint density at radius 1 is 1.33 bits per heavy atom. The van der Waals surface area contributed by atoms with E-state index in [1.807, 2.05) is 11.8 Å². The molecule has 92 valence electrons. The topological polar surface area (TPSA) is 38.0 Å². The molecule has 0 aromatic rings. The van der Waals surface area contributed by atoms with Crippen molar-refractivity contribution in [2.45, 2.75) is 65.2 Å². The molecule has 0 radical (unpaired) electrons. The molecule has 2 unspecified atom stereocenters. The van der Waals surface area contributed by atoms with Crippen LogP contribution in [0.4, 0.5) is 0 Å². The second-order valence-corrected chi connectivity index (χ2v) is 6.99. The number of nitrogens with two attached hydrogens (primary N) is 1. The van der Waals surface area contributed by atoms with Crippen molar-refractivity contribution in [1.82, 2.24) is 5.43 Å². The van der Waals surface area contributed by atoms with E-state index in [1.165, 1.54) is 19.3 Å². The number of hydrogen-bond acceptors (Lipinski definition) is 3. The van der Waals surface area contributed by atoms with Crippen LogP contribution < -0.4 is 11.3 Å². The van der Waals surface area contributed by atoms with Crippen LogP contribution in [0.5, 0.6) is 0 Å². The van der Waals surface area contributed by atoms with E-state index < -0.39 is 0 Å². The maximum absolute atomic E-state index is 5.57. The fraction of sp³-hybridized carbons (Fsp3) is 1.00. The van der Waals surface area contributed by atoms with Crippen LogP contribution >= 0.6 is 11.8 Å². The molecule has 3 heteroatoms.